The Morgan fingerprint density at radius 2 is 1.84 bits per heavy atom. The fourth-order valence-electron chi connectivity index (χ4n) is 1.66. The summed E-state index contributed by atoms with van der Waals surface area (Å²) in [5, 5.41) is 2.69. The highest BCUT2D eigenvalue weighted by molar-refractivity contribution is 5.89. The van der Waals surface area contributed by atoms with Gasteiger partial charge in [-0.2, -0.15) is 0 Å². The summed E-state index contributed by atoms with van der Waals surface area (Å²) < 4.78 is 0. The van der Waals surface area contributed by atoms with Gasteiger partial charge in [0.25, 0.3) is 0 Å². The van der Waals surface area contributed by atoms with Crippen molar-refractivity contribution < 1.29 is 9.59 Å². The van der Waals surface area contributed by atoms with Crippen molar-refractivity contribution in [1.82, 2.24) is 10.2 Å². The summed E-state index contributed by atoms with van der Waals surface area (Å²) in [4.78, 5) is 25.2. The van der Waals surface area contributed by atoms with Gasteiger partial charge in [-0.3, -0.25) is 9.59 Å². The van der Waals surface area contributed by atoms with E-state index in [4.69, 9.17) is 5.73 Å². The van der Waals surface area contributed by atoms with E-state index in [0.29, 0.717) is 6.42 Å². The van der Waals surface area contributed by atoms with E-state index in [9.17, 15) is 9.59 Å². The minimum absolute atomic E-state index is 0.141. The highest BCUT2D eigenvalue weighted by Gasteiger charge is 2.23. The molecule has 3 N–H and O–H groups in total. The number of benzene rings is 1. The molecule has 2 atom stereocenters. The van der Waals surface area contributed by atoms with Crippen molar-refractivity contribution in [2.45, 2.75) is 25.4 Å². The molecule has 19 heavy (non-hydrogen) atoms. The van der Waals surface area contributed by atoms with Crippen LogP contribution in [-0.2, 0) is 16.0 Å². The Hall–Kier alpha value is -1.88. The molecule has 0 spiro atoms. The molecule has 2 amide bonds. The van der Waals surface area contributed by atoms with Crippen LogP contribution in [0.15, 0.2) is 30.3 Å². The third-order valence-corrected chi connectivity index (χ3v) is 2.75. The van der Waals surface area contributed by atoms with Gasteiger partial charge in [-0.25, -0.2) is 0 Å². The van der Waals surface area contributed by atoms with Gasteiger partial charge in [0.2, 0.25) is 11.8 Å². The number of nitrogens with two attached hydrogens (primary N) is 1. The third-order valence-electron chi connectivity index (χ3n) is 2.75. The molecule has 0 aromatic heterocycles. The van der Waals surface area contributed by atoms with Crippen LogP contribution in [0.3, 0.4) is 0 Å². The van der Waals surface area contributed by atoms with Gasteiger partial charge in [0.1, 0.15) is 6.04 Å². The van der Waals surface area contributed by atoms with E-state index in [1.54, 1.807) is 21.0 Å². The lowest BCUT2D eigenvalue weighted by Gasteiger charge is -2.22. The van der Waals surface area contributed by atoms with Gasteiger partial charge in [0, 0.05) is 20.5 Å². The molecule has 0 bridgehead atoms. The lowest BCUT2D eigenvalue weighted by Crippen LogP contribution is -2.51. The van der Waals surface area contributed by atoms with E-state index < -0.39 is 12.1 Å². The molecule has 0 aliphatic rings. The Balaban J connectivity index is 2.81. The van der Waals surface area contributed by atoms with Crippen molar-refractivity contribution in [2.24, 2.45) is 5.73 Å². The van der Waals surface area contributed by atoms with E-state index in [1.165, 1.54) is 4.90 Å². The van der Waals surface area contributed by atoms with Crippen molar-refractivity contribution >= 4 is 11.8 Å². The highest BCUT2D eigenvalue weighted by Crippen LogP contribution is 2.05. The smallest absolute Gasteiger partial charge is 0.244 e. The van der Waals surface area contributed by atoms with Crippen LogP contribution in [0.1, 0.15) is 12.5 Å². The zero-order chi connectivity index (χ0) is 14.4. The van der Waals surface area contributed by atoms with E-state index in [1.807, 2.05) is 30.3 Å². The number of rotatable bonds is 5. The van der Waals surface area contributed by atoms with Crippen LogP contribution in [0.25, 0.3) is 0 Å². The Kier molecular flexibility index (Phi) is 5.51. The molecule has 0 radical (unpaired) electrons. The van der Waals surface area contributed by atoms with Gasteiger partial charge >= 0.3 is 0 Å². The molecule has 1 rings (SSSR count). The van der Waals surface area contributed by atoms with Gasteiger partial charge < -0.3 is 16.0 Å². The maximum atomic E-state index is 12.1. The van der Waals surface area contributed by atoms with Crippen LogP contribution in [0.4, 0.5) is 0 Å². The predicted molar refractivity (Wildman–Crippen MR) is 74.4 cm³/mol. The van der Waals surface area contributed by atoms with Crippen molar-refractivity contribution in [3.63, 3.8) is 0 Å². The average molecular weight is 263 g/mol. The summed E-state index contributed by atoms with van der Waals surface area (Å²) >= 11 is 0. The minimum atomic E-state index is -0.631. The van der Waals surface area contributed by atoms with Crippen molar-refractivity contribution in [1.29, 1.82) is 0 Å². The third kappa shape index (κ3) is 4.71. The zero-order valence-corrected chi connectivity index (χ0v) is 11.6. The molecular formula is C14H21N3O2. The zero-order valence-electron chi connectivity index (χ0n) is 11.6. The normalized spacial score (nSPS) is 13.5. The standard InChI is InChI=1S/C14H21N3O2/c1-10(15)13(18)16-12(14(19)17(2)3)9-11-7-5-4-6-8-11/h4-8,10,12H,9,15H2,1-3H3,(H,16,18)/t10-,12?/m0/s1. The maximum Gasteiger partial charge on any atom is 0.244 e. The number of nitrogens with zero attached hydrogens (tertiary/aromatic N) is 1. The van der Waals surface area contributed by atoms with Gasteiger partial charge in [0.15, 0.2) is 0 Å². The number of hydrogen-bond donors (Lipinski definition) is 2. The number of carbonyl (C=O) groups is 2. The lowest BCUT2D eigenvalue weighted by atomic mass is 10.0. The molecule has 0 heterocycles. The van der Waals surface area contributed by atoms with E-state index in [0.717, 1.165) is 5.56 Å². The summed E-state index contributed by atoms with van der Waals surface area (Å²) in [5.74, 6) is -0.464. The Labute approximate surface area is 113 Å². The van der Waals surface area contributed by atoms with Crippen molar-refractivity contribution in [2.75, 3.05) is 14.1 Å². The van der Waals surface area contributed by atoms with Crippen LogP contribution >= 0.6 is 0 Å². The van der Waals surface area contributed by atoms with Crippen molar-refractivity contribution in [3.05, 3.63) is 35.9 Å². The van der Waals surface area contributed by atoms with Crippen LogP contribution in [0, 0.1) is 0 Å². The molecule has 104 valence electrons. The molecule has 5 heteroatoms. The second-order valence-electron chi connectivity index (χ2n) is 4.77. The summed E-state index contributed by atoms with van der Waals surface area (Å²) in [6.07, 6.45) is 0.455. The lowest BCUT2D eigenvalue weighted by molar-refractivity contribution is -0.134. The molecule has 0 fully saturated rings. The van der Waals surface area contributed by atoms with Crippen molar-refractivity contribution in [3.8, 4) is 0 Å². The molecular weight excluding hydrogens is 242 g/mol. The van der Waals surface area contributed by atoms with Crippen LogP contribution in [-0.4, -0.2) is 42.9 Å². The molecule has 5 nitrogen and oxygen atoms in total. The number of carbonyl (C=O) groups excluding carboxylic acids is 2. The predicted octanol–water partition coefficient (Wildman–Crippen LogP) is 0.149. The fourth-order valence-corrected chi connectivity index (χ4v) is 1.66. The van der Waals surface area contributed by atoms with E-state index in [2.05, 4.69) is 5.32 Å². The second kappa shape index (κ2) is 6.89. The minimum Gasteiger partial charge on any atom is -0.347 e. The SMILES string of the molecule is C[C@H](N)C(=O)NC(Cc1ccccc1)C(=O)N(C)C. The largest absolute Gasteiger partial charge is 0.347 e. The topological polar surface area (TPSA) is 75.4 Å². The molecule has 0 saturated carbocycles. The highest BCUT2D eigenvalue weighted by atomic mass is 16.2. The summed E-state index contributed by atoms with van der Waals surface area (Å²) in [5.41, 5.74) is 6.51. The van der Waals surface area contributed by atoms with Crippen LogP contribution in [0.2, 0.25) is 0 Å². The van der Waals surface area contributed by atoms with Gasteiger partial charge in [-0.05, 0) is 12.5 Å². The molecule has 0 aliphatic carbocycles. The van der Waals surface area contributed by atoms with E-state index in [-0.39, 0.29) is 11.8 Å². The van der Waals surface area contributed by atoms with Crippen LogP contribution in [0.5, 0.6) is 0 Å². The summed E-state index contributed by atoms with van der Waals surface area (Å²) in [7, 11) is 3.33. The Morgan fingerprint density at radius 1 is 1.26 bits per heavy atom. The van der Waals surface area contributed by atoms with E-state index >= 15 is 0 Å². The first-order chi connectivity index (χ1) is 8.91. The fraction of sp³-hybridized carbons (Fsp3) is 0.429. The first kappa shape index (κ1) is 15.2. The Morgan fingerprint density at radius 3 is 2.32 bits per heavy atom. The molecule has 0 saturated heterocycles. The first-order valence-corrected chi connectivity index (χ1v) is 6.23. The monoisotopic (exact) mass is 263 g/mol. The number of likely N-dealkylation sites (N-methyl/N-ethyl adjacent to an activating group) is 1. The second-order valence-corrected chi connectivity index (χ2v) is 4.77. The van der Waals surface area contributed by atoms with Gasteiger partial charge in [-0.1, -0.05) is 30.3 Å². The molecule has 1 aromatic rings. The molecule has 1 aromatic carbocycles. The number of nitrogens with one attached hydrogen (secondary N) is 1. The Bertz CT molecular complexity index is 430. The number of amides is 2. The van der Waals surface area contributed by atoms with Gasteiger partial charge in [0.05, 0.1) is 6.04 Å². The molecule has 0 aliphatic heterocycles. The average Bonchev–Trinajstić information content (AvgIpc) is 2.37. The first-order valence-electron chi connectivity index (χ1n) is 6.23. The summed E-state index contributed by atoms with van der Waals surface area (Å²) in [6, 6.07) is 8.35. The summed E-state index contributed by atoms with van der Waals surface area (Å²) in [6.45, 7) is 1.59. The quantitative estimate of drug-likeness (QED) is 0.794. The molecule has 1 unspecified atom stereocenters. The maximum absolute atomic E-state index is 12.1. The number of hydrogen-bond acceptors (Lipinski definition) is 3. The van der Waals surface area contributed by atoms with Gasteiger partial charge in [-0.15, -0.1) is 0 Å². The van der Waals surface area contributed by atoms with Crippen LogP contribution < -0.4 is 11.1 Å².